The molecule has 3 nitrogen and oxygen atoms in total. The molecule has 1 N–H and O–H groups in total. The Morgan fingerprint density at radius 2 is 1.00 bits per heavy atom. The van der Waals surface area contributed by atoms with Gasteiger partial charge in [0.2, 0.25) is 5.91 Å². The summed E-state index contributed by atoms with van der Waals surface area (Å²) < 4.78 is 0. The van der Waals surface area contributed by atoms with Crippen LogP contribution in [-0.4, -0.2) is 11.7 Å². The van der Waals surface area contributed by atoms with Crippen molar-refractivity contribution in [2.45, 2.75) is 11.8 Å². The standard InChI is InChI=1S/C38H27Cl2NO2/c39-30-20-16-27(17-21-30)33-32(37(42)29-14-8-3-9-15-29)24-41-38(43)36(26-12-6-2-7-13-26)35(28-18-22-31(40)23-19-28)34(33)25-10-4-1-5-11-25/h1-24,33,36H,(H,41,43). The van der Waals surface area contributed by atoms with Crippen molar-refractivity contribution in [1.29, 1.82) is 0 Å². The zero-order valence-electron chi connectivity index (χ0n) is 23.1. The smallest absolute Gasteiger partial charge is 0.235 e. The maximum atomic E-state index is 14.4. The molecule has 5 aromatic rings. The molecule has 1 heterocycles. The summed E-state index contributed by atoms with van der Waals surface area (Å²) in [5.41, 5.74) is 6.05. The summed E-state index contributed by atoms with van der Waals surface area (Å²) in [5.74, 6) is -1.65. The topological polar surface area (TPSA) is 46.2 Å². The molecule has 5 heteroatoms. The second-order valence-corrected chi connectivity index (χ2v) is 11.2. The second kappa shape index (κ2) is 12.7. The van der Waals surface area contributed by atoms with Crippen LogP contribution < -0.4 is 5.32 Å². The first kappa shape index (κ1) is 28.4. The minimum Gasteiger partial charge on any atom is -0.331 e. The maximum absolute atomic E-state index is 14.4. The Labute approximate surface area is 261 Å². The van der Waals surface area contributed by atoms with Gasteiger partial charge in [-0.3, -0.25) is 9.59 Å². The summed E-state index contributed by atoms with van der Waals surface area (Å²) in [6.45, 7) is 0. The zero-order valence-corrected chi connectivity index (χ0v) is 24.6. The van der Waals surface area contributed by atoms with E-state index in [4.69, 9.17) is 23.2 Å². The minimum absolute atomic E-state index is 0.178. The number of nitrogens with one attached hydrogen (secondary N) is 1. The van der Waals surface area contributed by atoms with Crippen molar-refractivity contribution in [2.75, 3.05) is 0 Å². The number of halogens is 2. The van der Waals surface area contributed by atoms with Gasteiger partial charge in [-0.1, -0.05) is 138 Å². The van der Waals surface area contributed by atoms with Gasteiger partial charge in [-0.2, -0.15) is 0 Å². The lowest BCUT2D eigenvalue weighted by atomic mass is 9.71. The molecule has 0 saturated carbocycles. The number of hydrogen-bond donors (Lipinski definition) is 1. The highest BCUT2D eigenvalue weighted by atomic mass is 35.5. The lowest BCUT2D eigenvalue weighted by molar-refractivity contribution is -0.120. The molecule has 0 aliphatic carbocycles. The molecule has 1 amide bonds. The van der Waals surface area contributed by atoms with E-state index in [1.165, 1.54) is 0 Å². The van der Waals surface area contributed by atoms with Gasteiger partial charge in [-0.25, -0.2) is 0 Å². The van der Waals surface area contributed by atoms with Gasteiger partial charge in [0, 0.05) is 33.3 Å². The van der Waals surface area contributed by atoms with Gasteiger partial charge in [-0.15, -0.1) is 0 Å². The summed E-state index contributed by atoms with van der Waals surface area (Å²) in [6.07, 6.45) is 1.59. The zero-order chi connectivity index (χ0) is 29.8. The Kier molecular flexibility index (Phi) is 8.37. The molecule has 2 unspecified atom stereocenters. The van der Waals surface area contributed by atoms with E-state index >= 15 is 0 Å². The van der Waals surface area contributed by atoms with Gasteiger partial charge in [-0.05, 0) is 57.7 Å². The van der Waals surface area contributed by atoms with Crippen LogP contribution in [0.5, 0.6) is 0 Å². The first-order chi connectivity index (χ1) is 21.0. The van der Waals surface area contributed by atoms with Crippen LogP contribution in [0.2, 0.25) is 10.0 Å². The molecule has 2 atom stereocenters. The van der Waals surface area contributed by atoms with Crippen molar-refractivity contribution in [3.05, 3.63) is 189 Å². The van der Waals surface area contributed by atoms with Crippen molar-refractivity contribution in [1.82, 2.24) is 5.32 Å². The van der Waals surface area contributed by atoms with Crippen molar-refractivity contribution < 1.29 is 9.59 Å². The number of rotatable bonds is 6. The first-order valence-corrected chi connectivity index (χ1v) is 14.7. The molecular formula is C38H27Cl2NO2. The van der Waals surface area contributed by atoms with Crippen LogP contribution >= 0.6 is 23.2 Å². The maximum Gasteiger partial charge on any atom is 0.235 e. The van der Waals surface area contributed by atoms with Gasteiger partial charge in [0.1, 0.15) is 0 Å². The molecule has 0 bridgehead atoms. The number of Topliss-reactive ketones (excluding diaryl/α,β-unsaturated/α-hetero) is 1. The highest BCUT2D eigenvalue weighted by Crippen LogP contribution is 2.49. The average molecular weight is 601 g/mol. The molecule has 6 rings (SSSR count). The molecule has 0 fully saturated rings. The monoisotopic (exact) mass is 599 g/mol. The third-order valence-corrected chi connectivity index (χ3v) is 8.19. The van der Waals surface area contributed by atoms with Crippen LogP contribution in [0.3, 0.4) is 0 Å². The van der Waals surface area contributed by atoms with Gasteiger partial charge >= 0.3 is 0 Å². The Morgan fingerprint density at radius 1 is 0.535 bits per heavy atom. The van der Waals surface area contributed by atoms with Gasteiger partial charge in [0.05, 0.1) is 5.92 Å². The Balaban J connectivity index is 1.75. The molecule has 0 radical (unpaired) electrons. The fraction of sp³-hybridized carbons (Fsp3) is 0.0526. The normalized spacial score (nSPS) is 17.0. The SMILES string of the molecule is O=C(C1=CNC(=O)C(c2ccccc2)C(c2ccc(Cl)cc2)=C(c2ccccc2)C1c1ccc(Cl)cc1)c1ccccc1. The first-order valence-electron chi connectivity index (χ1n) is 14.0. The lowest BCUT2D eigenvalue weighted by Gasteiger charge is -2.33. The van der Waals surface area contributed by atoms with E-state index in [1.54, 1.807) is 18.3 Å². The van der Waals surface area contributed by atoms with E-state index in [1.807, 2.05) is 127 Å². The largest absolute Gasteiger partial charge is 0.331 e. The number of ketones is 1. The van der Waals surface area contributed by atoms with Crippen LogP contribution in [0, 0.1) is 0 Å². The van der Waals surface area contributed by atoms with E-state index < -0.39 is 11.8 Å². The Hall–Kier alpha value is -4.70. The van der Waals surface area contributed by atoms with E-state index in [-0.39, 0.29) is 11.7 Å². The number of carbonyl (C=O) groups excluding carboxylic acids is 2. The van der Waals surface area contributed by atoms with E-state index in [2.05, 4.69) is 5.32 Å². The highest BCUT2D eigenvalue weighted by Gasteiger charge is 2.37. The third kappa shape index (κ3) is 5.96. The summed E-state index contributed by atoms with van der Waals surface area (Å²) in [7, 11) is 0. The molecule has 43 heavy (non-hydrogen) atoms. The molecule has 1 aliphatic rings. The lowest BCUT2D eigenvalue weighted by Crippen LogP contribution is -2.31. The number of allylic oxidation sites excluding steroid dienone is 2. The number of hydrogen-bond acceptors (Lipinski definition) is 2. The second-order valence-electron chi connectivity index (χ2n) is 10.3. The van der Waals surface area contributed by atoms with E-state index in [0.717, 1.165) is 33.4 Å². The van der Waals surface area contributed by atoms with Gasteiger partial charge in [0.15, 0.2) is 5.78 Å². The van der Waals surface area contributed by atoms with Crippen molar-refractivity contribution in [3.63, 3.8) is 0 Å². The summed E-state index contributed by atoms with van der Waals surface area (Å²) in [6, 6.07) is 43.9. The average Bonchev–Trinajstić information content (AvgIpc) is 3.05. The summed E-state index contributed by atoms with van der Waals surface area (Å²) in [4.78, 5) is 28.6. The number of amides is 1. The Bertz CT molecular complexity index is 1810. The third-order valence-electron chi connectivity index (χ3n) is 7.69. The van der Waals surface area contributed by atoms with Crippen LogP contribution in [0.25, 0.3) is 11.1 Å². The van der Waals surface area contributed by atoms with Crippen LogP contribution in [0.4, 0.5) is 0 Å². The molecule has 0 saturated heterocycles. The van der Waals surface area contributed by atoms with Crippen molar-refractivity contribution >= 4 is 46.0 Å². The Morgan fingerprint density at radius 3 is 1.60 bits per heavy atom. The molecule has 0 aromatic heterocycles. The quantitative estimate of drug-likeness (QED) is 0.198. The fourth-order valence-electron chi connectivity index (χ4n) is 5.72. The van der Waals surface area contributed by atoms with E-state index in [9.17, 15) is 9.59 Å². The van der Waals surface area contributed by atoms with Crippen LogP contribution in [-0.2, 0) is 4.79 Å². The molecule has 5 aromatic carbocycles. The molecule has 210 valence electrons. The van der Waals surface area contributed by atoms with E-state index in [0.29, 0.717) is 21.2 Å². The van der Waals surface area contributed by atoms with Crippen LogP contribution in [0.15, 0.2) is 151 Å². The predicted molar refractivity (Wildman–Crippen MR) is 175 cm³/mol. The fourth-order valence-corrected chi connectivity index (χ4v) is 5.97. The number of benzene rings is 5. The number of carbonyl (C=O) groups is 2. The van der Waals surface area contributed by atoms with Crippen LogP contribution in [0.1, 0.15) is 44.4 Å². The summed E-state index contributed by atoms with van der Waals surface area (Å²) in [5, 5.41) is 4.20. The molecule has 1 aliphatic heterocycles. The van der Waals surface area contributed by atoms with Gasteiger partial charge < -0.3 is 5.32 Å². The van der Waals surface area contributed by atoms with Crippen molar-refractivity contribution in [2.24, 2.45) is 0 Å². The predicted octanol–water partition coefficient (Wildman–Crippen LogP) is 9.37. The summed E-state index contributed by atoms with van der Waals surface area (Å²) >= 11 is 12.7. The molecule has 0 spiro atoms. The highest BCUT2D eigenvalue weighted by molar-refractivity contribution is 6.31. The van der Waals surface area contributed by atoms with Crippen molar-refractivity contribution in [3.8, 4) is 0 Å². The minimum atomic E-state index is -0.683. The van der Waals surface area contributed by atoms with Gasteiger partial charge in [0.25, 0.3) is 0 Å². The molecular weight excluding hydrogens is 573 g/mol.